The molecule has 2 aromatic carbocycles. The number of ether oxygens (including phenoxy) is 1. The van der Waals surface area contributed by atoms with Gasteiger partial charge in [-0.2, -0.15) is 0 Å². The minimum atomic E-state index is -0.271. The SMILES string of the molecule is CCC(=O)c1cc(Cl)ccc1OCC(=O)N[C@H](c1ccccc1)c1cccs1. The molecule has 0 saturated carbocycles. The fourth-order valence-corrected chi connectivity index (χ4v) is 3.78. The molecule has 1 aromatic heterocycles. The Kier molecular flexibility index (Phi) is 6.85. The second-order valence-electron chi connectivity index (χ2n) is 6.13. The maximum atomic E-state index is 12.6. The largest absolute Gasteiger partial charge is 0.483 e. The number of hydrogen-bond donors (Lipinski definition) is 1. The van der Waals surface area contributed by atoms with Crippen molar-refractivity contribution < 1.29 is 14.3 Å². The second-order valence-corrected chi connectivity index (χ2v) is 7.55. The van der Waals surface area contributed by atoms with Gasteiger partial charge in [-0.05, 0) is 35.2 Å². The highest BCUT2D eigenvalue weighted by Gasteiger charge is 2.19. The van der Waals surface area contributed by atoms with Crippen molar-refractivity contribution in [3.63, 3.8) is 0 Å². The second kappa shape index (κ2) is 9.53. The Balaban J connectivity index is 1.72. The molecule has 0 spiro atoms. The van der Waals surface area contributed by atoms with Gasteiger partial charge in [0.15, 0.2) is 12.4 Å². The molecule has 6 heteroatoms. The molecule has 3 aromatic rings. The van der Waals surface area contributed by atoms with E-state index in [1.54, 1.807) is 36.5 Å². The predicted molar refractivity (Wildman–Crippen MR) is 112 cm³/mol. The summed E-state index contributed by atoms with van der Waals surface area (Å²) in [6.45, 7) is 1.57. The van der Waals surface area contributed by atoms with Gasteiger partial charge in [-0.1, -0.05) is 54.9 Å². The summed E-state index contributed by atoms with van der Waals surface area (Å²) in [6, 6.07) is 18.3. The quantitative estimate of drug-likeness (QED) is 0.511. The first kappa shape index (κ1) is 20.1. The van der Waals surface area contributed by atoms with E-state index in [0.717, 1.165) is 10.4 Å². The fourth-order valence-electron chi connectivity index (χ4n) is 2.80. The molecule has 4 nitrogen and oxygen atoms in total. The van der Waals surface area contributed by atoms with Crippen LogP contribution in [-0.4, -0.2) is 18.3 Å². The van der Waals surface area contributed by atoms with Crippen molar-refractivity contribution in [1.29, 1.82) is 0 Å². The van der Waals surface area contributed by atoms with Crippen molar-refractivity contribution in [3.05, 3.63) is 87.1 Å². The Morgan fingerprint density at radius 1 is 1.11 bits per heavy atom. The molecule has 0 fully saturated rings. The predicted octanol–water partition coefficient (Wildman–Crippen LogP) is 5.28. The van der Waals surface area contributed by atoms with Crippen molar-refractivity contribution in [2.75, 3.05) is 6.61 Å². The molecule has 1 atom stereocenters. The van der Waals surface area contributed by atoms with E-state index in [4.69, 9.17) is 16.3 Å². The van der Waals surface area contributed by atoms with Crippen molar-refractivity contribution >= 4 is 34.6 Å². The van der Waals surface area contributed by atoms with Gasteiger partial charge in [0.2, 0.25) is 0 Å². The monoisotopic (exact) mass is 413 g/mol. The van der Waals surface area contributed by atoms with Crippen LogP contribution in [0.3, 0.4) is 0 Å². The third kappa shape index (κ3) is 5.00. The number of thiophene rings is 1. The lowest BCUT2D eigenvalue weighted by molar-refractivity contribution is -0.123. The van der Waals surface area contributed by atoms with Gasteiger partial charge in [-0.25, -0.2) is 0 Å². The zero-order valence-electron chi connectivity index (χ0n) is 15.4. The molecule has 3 rings (SSSR count). The average molecular weight is 414 g/mol. The Morgan fingerprint density at radius 3 is 2.57 bits per heavy atom. The van der Waals surface area contributed by atoms with E-state index in [-0.39, 0.29) is 24.3 Å². The Labute approximate surface area is 173 Å². The van der Waals surface area contributed by atoms with Crippen molar-refractivity contribution in [3.8, 4) is 5.75 Å². The minimum Gasteiger partial charge on any atom is -0.483 e. The third-order valence-electron chi connectivity index (χ3n) is 4.19. The van der Waals surface area contributed by atoms with E-state index < -0.39 is 0 Å². The Morgan fingerprint density at radius 2 is 1.89 bits per heavy atom. The molecule has 0 saturated heterocycles. The molecule has 0 unspecified atom stereocenters. The summed E-state index contributed by atoms with van der Waals surface area (Å²) in [4.78, 5) is 25.7. The zero-order chi connectivity index (χ0) is 19.9. The number of Topliss-reactive ketones (excluding diaryl/α,β-unsaturated/α-hetero) is 1. The van der Waals surface area contributed by atoms with Crippen molar-refractivity contribution in [1.82, 2.24) is 5.32 Å². The van der Waals surface area contributed by atoms with E-state index in [1.807, 2.05) is 47.8 Å². The smallest absolute Gasteiger partial charge is 0.258 e. The van der Waals surface area contributed by atoms with Crippen LogP contribution in [0.15, 0.2) is 66.0 Å². The topological polar surface area (TPSA) is 55.4 Å². The molecule has 0 aliphatic heterocycles. The number of carbonyl (C=O) groups is 2. The van der Waals surface area contributed by atoms with Crippen LogP contribution in [0.25, 0.3) is 0 Å². The lowest BCUT2D eigenvalue weighted by Gasteiger charge is -2.18. The fraction of sp³-hybridized carbons (Fsp3) is 0.182. The number of ketones is 1. The minimum absolute atomic E-state index is 0.0846. The molecular weight excluding hydrogens is 394 g/mol. The van der Waals surface area contributed by atoms with Gasteiger partial charge >= 0.3 is 0 Å². The summed E-state index contributed by atoms with van der Waals surface area (Å²) in [5, 5.41) is 5.45. The summed E-state index contributed by atoms with van der Waals surface area (Å²) in [6.07, 6.45) is 0.331. The lowest BCUT2D eigenvalue weighted by Crippen LogP contribution is -2.33. The van der Waals surface area contributed by atoms with Gasteiger partial charge in [-0.3, -0.25) is 9.59 Å². The van der Waals surface area contributed by atoms with Crippen molar-refractivity contribution in [2.45, 2.75) is 19.4 Å². The molecule has 0 aliphatic carbocycles. The van der Waals surface area contributed by atoms with Gasteiger partial charge < -0.3 is 10.1 Å². The molecule has 0 aliphatic rings. The highest BCUT2D eigenvalue weighted by molar-refractivity contribution is 7.10. The number of carbonyl (C=O) groups excluding carboxylic acids is 2. The van der Waals surface area contributed by atoms with E-state index in [2.05, 4.69) is 5.32 Å². The van der Waals surface area contributed by atoms with Crippen LogP contribution in [0.5, 0.6) is 5.75 Å². The van der Waals surface area contributed by atoms with E-state index in [0.29, 0.717) is 22.8 Å². The summed E-state index contributed by atoms with van der Waals surface area (Å²) in [5.41, 5.74) is 1.38. The number of halogens is 1. The Hall–Kier alpha value is -2.63. The molecule has 28 heavy (non-hydrogen) atoms. The highest BCUT2D eigenvalue weighted by Crippen LogP contribution is 2.27. The number of hydrogen-bond acceptors (Lipinski definition) is 4. The first-order valence-corrected chi connectivity index (χ1v) is 10.2. The van der Waals surface area contributed by atoms with E-state index >= 15 is 0 Å². The summed E-state index contributed by atoms with van der Waals surface area (Å²) in [7, 11) is 0. The summed E-state index contributed by atoms with van der Waals surface area (Å²) >= 11 is 7.57. The lowest BCUT2D eigenvalue weighted by atomic mass is 10.1. The molecular formula is C22H20ClNO3S. The summed E-state index contributed by atoms with van der Waals surface area (Å²) in [5.74, 6) is 0.00420. The van der Waals surface area contributed by atoms with Crippen LogP contribution in [0.1, 0.15) is 40.2 Å². The first-order chi connectivity index (χ1) is 13.6. The molecule has 144 valence electrons. The number of nitrogens with one attached hydrogen (secondary N) is 1. The van der Waals surface area contributed by atoms with Crippen LogP contribution in [0.4, 0.5) is 0 Å². The molecule has 1 N–H and O–H groups in total. The van der Waals surface area contributed by atoms with Crippen LogP contribution < -0.4 is 10.1 Å². The van der Waals surface area contributed by atoms with Crippen LogP contribution in [0, 0.1) is 0 Å². The van der Waals surface area contributed by atoms with Crippen LogP contribution >= 0.6 is 22.9 Å². The van der Waals surface area contributed by atoms with E-state index in [9.17, 15) is 9.59 Å². The highest BCUT2D eigenvalue weighted by atomic mass is 35.5. The van der Waals surface area contributed by atoms with Crippen molar-refractivity contribution in [2.24, 2.45) is 0 Å². The number of rotatable bonds is 8. The molecule has 0 bridgehead atoms. The van der Waals surface area contributed by atoms with Crippen LogP contribution in [0.2, 0.25) is 5.02 Å². The Bertz CT molecular complexity index is 942. The first-order valence-electron chi connectivity index (χ1n) is 8.91. The third-order valence-corrected chi connectivity index (χ3v) is 5.36. The van der Waals surface area contributed by atoms with Gasteiger partial charge in [0.05, 0.1) is 11.6 Å². The van der Waals surface area contributed by atoms with Gasteiger partial charge in [0.25, 0.3) is 5.91 Å². The molecule has 0 radical (unpaired) electrons. The molecule has 1 heterocycles. The van der Waals surface area contributed by atoms with Gasteiger partial charge in [-0.15, -0.1) is 11.3 Å². The number of benzene rings is 2. The summed E-state index contributed by atoms with van der Waals surface area (Å²) < 4.78 is 5.64. The average Bonchev–Trinajstić information content (AvgIpc) is 3.25. The number of amides is 1. The normalized spacial score (nSPS) is 11.6. The zero-order valence-corrected chi connectivity index (χ0v) is 16.9. The van der Waals surface area contributed by atoms with E-state index in [1.165, 1.54) is 0 Å². The maximum Gasteiger partial charge on any atom is 0.258 e. The van der Waals surface area contributed by atoms with Crippen LogP contribution in [-0.2, 0) is 4.79 Å². The maximum absolute atomic E-state index is 12.6. The molecule has 1 amide bonds. The van der Waals surface area contributed by atoms with Gasteiger partial charge in [0, 0.05) is 16.3 Å². The van der Waals surface area contributed by atoms with Gasteiger partial charge in [0.1, 0.15) is 5.75 Å². The standard InChI is InChI=1S/C22H20ClNO3S/c1-2-18(25)17-13-16(23)10-11-19(17)27-14-21(26)24-22(20-9-6-12-28-20)15-7-4-3-5-8-15/h3-13,22H,2,14H2,1H3,(H,24,26)/t22-/m1/s1.